The Morgan fingerprint density at radius 2 is 0.926 bits per heavy atom. The molecule has 2 unspecified atom stereocenters. The van der Waals surface area contributed by atoms with E-state index in [2.05, 4.69) is 19.2 Å². The summed E-state index contributed by atoms with van der Waals surface area (Å²) in [6, 6.07) is 0. The number of ether oxygens (including phenoxy) is 1. The molecule has 0 aromatic heterocycles. The van der Waals surface area contributed by atoms with Gasteiger partial charge >= 0.3 is 0 Å². The van der Waals surface area contributed by atoms with Crippen LogP contribution in [-0.4, -0.2) is 12.2 Å². The van der Waals surface area contributed by atoms with Crippen molar-refractivity contribution in [2.24, 2.45) is 35.5 Å². The van der Waals surface area contributed by atoms with E-state index in [0.717, 1.165) is 35.5 Å². The Morgan fingerprint density at radius 3 is 1.33 bits per heavy atom. The SMILES string of the molecule is C=CC1CCC(C2CCC(C3CCC(C4CCC(C=C)O4)CC3)CC2)CC1. The summed E-state index contributed by atoms with van der Waals surface area (Å²) in [5.41, 5.74) is 0. The van der Waals surface area contributed by atoms with Crippen LogP contribution in [0, 0.1) is 35.5 Å². The van der Waals surface area contributed by atoms with Crippen molar-refractivity contribution in [3.05, 3.63) is 25.3 Å². The highest BCUT2D eigenvalue weighted by molar-refractivity contribution is 4.92. The van der Waals surface area contributed by atoms with E-state index >= 15 is 0 Å². The van der Waals surface area contributed by atoms with Crippen molar-refractivity contribution in [1.29, 1.82) is 0 Å². The Kier molecular flexibility index (Phi) is 6.79. The second kappa shape index (κ2) is 9.29. The Hall–Kier alpha value is -0.560. The average Bonchev–Trinajstić information content (AvgIpc) is 3.23. The Balaban J connectivity index is 1.18. The fourth-order valence-corrected chi connectivity index (χ4v) is 7.14. The van der Waals surface area contributed by atoms with Crippen LogP contribution in [0.25, 0.3) is 0 Å². The zero-order valence-electron chi connectivity index (χ0n) is 17.5. The largest absolute Gasteiger partial charge is 0.371 e. The van der Waals surface area contributed by atoms with Crippen LogP contribution in [0.5, 0.6) is 0 Å². The fourth-order valence-electron chi connectivity index (χ4n) is 7.14. The van der Waals surface area contributed by atoms with E-state index in [1.165, 1.54) is 89.9 Å². The van der Waals surface area contributed by atoms with Gasteiger partial charge in [0.2, 0.25) is 0 Å². The van der Waals surface area contributed by atoms with E-state index in [4.69, 9.17) is 4.74 Å². The van der Waals surface area contributed by atoms with Crippen LogP contribution in [0.3, 0.4) is 0 Å². The van der Waals surface area contributed by atoms with Crippen LogP contribution in [-0.2, 0) is 4.74 Å². The van der Waals surface area contributed by atoms with Crippen LogP contribution in [0.1, 0.15) is 89.9 Å². The summed E-state index contributed by atoms with van der Waals surface area (Å²) < 4.78 is 6.20. The first kappa shape index (κ1) is 19.7. The van der Waals surface area contributed by atoms with E-state index in [-0.39, 0.29) is 0 Å². The monoisotopic (exact) mass is 370 g/mol. The van der Waals surface area contributed by atoms with E-state index in [9.17, 15) is 0 Å². The van der Waals surface area contributed by atoms with Gasteiger partial charge in [-0.2, -0.15) is 0 Å². The number of hydrogen-bond donors (Lipinski definition) is 0. The van der Waals surface area contributed by atoms with Gasteiger partial charge in [0.15, 0.2) is 0 Å². The molecule has 0 spiro atoms. The lowest BCUT2D eigenvalue weighted by Gasteiger charge is -2.41. The smallest absolute Gasteiger partial charge is 0.0758 e. The predicted molar refractivity (Wildman–Crippen MR) is 115 cm³/mol. The Morgan fingerprint density at radius 1 is 0.481 bits per heavy atom. The lowest BCUT2D eigenvalue weighted by atomic mass is 9.64. The normalized spacial score (nSPS) is 46.1. The van der Waals surface area contributed by atoms with Crippen molar-refractivity contribution in [2.45, 2.75) is 102 Å². The summed E-state index contributed by atoms with van der Waals surface area (Å²) in [6.45, 7) is 7.92. The molecule has 152 valence electrons. The van der Waals surface area contributed by atoms with Gasteiger partial charge in [-0.15, -0.1) is 13.2 Å². The third-order valence-corrected chi connectivity index (χ3v) is 8.99. The summed E-state index contributed by atoms with van der Waals surface area (Å²) in [5, 5.41) is 0. The van der Waals surface area contributed by atoms with Crippen LogP contribution >= 0.6 is 0 Å². The van der Waals surface area contributed by atoms with Gasteiger partial charge in [0, 0.05) is 0 Å². The molecular formula is C26H42O. The van der Waals surface area contributed by atoms with Crippen LogP contribution < -0.4 is 0 Å². The highest BCUT2D eigenvalue weighted by atomic mass is 16.5. The molecule has 0 amide bonds. The number of rotatable bonds is 5. The van der Waals surface area contributed by atoms with E-state index < -0.39 is 0 Å². The minimum atomic E-state index is 0.338. The average molecular weight is 371 g/mol. The third-order valence-electron chi connectivity index (χ3n) is 8.99. The minimum absolute atomic E-state index is 0.338. The maximum absolute atomic E-state index is 6.20. The molecule has 1 heterocycles. The first-order valence-corrected chi connectivity index (χ1v) is 12.2. The summed E-state index contributed by atoms with van der Waals surface area (Å²) in [7, 11) is 0. The zero-order valence-corrected chi connectivity index (χ0v) is 17.5. The third kappa shape index (κ3) is 4.72. The van der Waals surface area contributed by atoms with E-state index in [1.807, 2.05) is 6.08 Å². The Labute approximate surface area is 168 Å². The predicted octanol–water partition coefficient (Wildman–Crippen LogP) is 7.33. The molecule has 1 heteroatoms. The molecule has 1 aliphatic heterocycles. The lowest BCUT2D eigenvalue weighted by Crippen LogP contribution is -2.31. The van der Waals surface area contributed by atoms with Crippen LogP contribution in [0.4, 0.5) is 0 Å². The standard InChI is InChI=1S/C26H42O/c1-3-19-5-7-20(8-6-19)21-9-11-22(12-10-21)23-13-15-24(16-14-23)26-18-17-25(4-2)27-26/h3-4,19-26H,1-2,5-18H2. The summed E-state index contributed by atoms with van der Waals surface area (Å²) in [4.78, 5) is 0. The highest BCUT2D eigenvalue weighted by Crippen LogP contribution is 2.47. The van der Waals surface area contributed by atoms with Gasteiger partial charge in [-0.3, -0.25) is 0 Å². The van der Waals surface area contributed by atoms with Gasteiger partial charge in [-0.05, 0) is 125 Å². The number of allylic oxidation sites excluding steroid dienone is 1. The van der Waals surface area contributed by atoms with Crippen LogP contribution in [0.15, 0.2) is 25.3 Å². The molecule has 0 bridgehead atoms. The zero-order chi connectivity index (χ0) is 18.6. The summed E-state index contributed by atoms with van der Waals surface area (Å²) >= 11 is 0. The van der Waals surface area contributed by atoms with Gasteiger partial charge in [-0.25, -0.2) is 0 Å². The molecule has 4 aliphatic rings. The number of hydrogen-bond acceptors (Lipinski definition) is 1. The molecular weight excluding hydrogens is 328 g/mol. The Bertz CT molecular complexity index is 472. The fraction of sp³-hybridized carbons (Fsp3) is 0.846. The van der Waals surface area contributed by atoms with Gasteiger partial charge in [0.25, 0.3) is 0 Å². The second-order valence-corrected chi connectivity index (χ2v) is 10.3. The van der Waals surface area contributed by atoms with Gasteiger partial charge < -0.3 is 4.74 Å². The minimum Gasteiger partial charge on any atom is -0.371 e. The highest BCUT2D eigenvalue weighted by Gasteiger charge is 2.37. The molecule has 0 aromatic rings. The lowest BCUT2D eigenvalue weighted by molar-refractivity contribution is 0.00698. The first-order chi connectivity index (χ1) is 13.3. The van der Waals surface area contributed by atoms with E-state index in [0.29, 0.717) is 12.2 Å². The van der Waals surface area contributed by atoms with Gasteiger partial charge in [-0.1, -0.05) is 12.2 Å². The molecule has 0 N–H and O–H groups in total. The molecule has 1 saturated heterocycles. The van der Waals surface area contributed by atoms with Crippen molar-refractivity contribution in [2.75, 3.05) is 0 Å². The molecule has 0 radical (unpaired) electrons. The second-order valence-electron chi connectivity index (χ2n) is 10.3. The van der Waals surface area contributed by atoms with Crippen molar-refractivity contribution < 1.29 is 4.74 Å². The maximum Gasteiger partial charge on any atom is 0.0758 e. The summed E-state index contributed by atoms with van der Waals surface area (Å²) in [5.74, 6) is 5.80. The van der Waals surface area contributed by atoms with E-state index in [1.54, 1.807) is 0 Å². The molecule has 3 aliphatic carbocycles. The summed E-state index contributed by atoms with van der Waals surface area (Å²) in [6.07, 6.45) is 25.2. The quantitative estimate of drug-likeness (QED) is 0.460. The molecule has 27 heavy (non-hydrogen) atoms. The first-order valence-electron chi connectivity index (χ1n) is 12.2. The van der Waals surface area contributed by atoms with Crippen LogP contribution in [0.2, 0.25) is 0 Å². The molecule has 0 aromatic carbocycles. The molecule has 1 nitrogen and oxygen atoms in total. The van der Waals surface area contributed by atoms with Gasteiger partial charge in [0.05, 0.1) is 12.2 Å². The van der Waals surface area contributed by atoms with Crippen molar-refractivity contribution in [3.63, 3.8) is 0 Å². The molecule has 3 saturated carbocycles. The van der Waals surface area contributed by atoms with Crippen molar-refractivity contribution >= 4 is 0 Å². The molecule has 4 fully saturated rings. The molecule has 2 atom stereocenters. The maximum atomic E-state index is 6.20. The topological polar surface area (TPSA) is 9.23 Å². The van der Waals surface area contributed by atoms with Crippen molar-refractivity contribution in [1.82, 2.24) is 0 Å². The van der Waals surface area contributed by atoms with Crippen molar-refractivity contribution in [3.8, 4) is 0 Å². The molecule has 4 rings (SSSR count). The van der Waals surface area contributed by atoms with Gasteiger partial charge in [0.1, 0.15) is 0 Å².